The van der Waals surface area contributed by atoms with Crippen LogP contribution in [0.4, 0.5) is 0 Å². The van der Waals surface area contributed by atoms with Gasteiger partial charge in [0.25, 0.3) is 0 Å². The van der Waals surface area contributed by atoms with Crippen LogP contribution in [0.25, 0.3) is 70.2 Å². The summed E-state index contributed by atoms with van der Waals surface area (Å²) in [5.74, 6) is 0. The molecule has 0 bridgehead atoms. The second-order valence-electron chi connectivity index (χ2n) is 7.33. The van der Waals surface area contributed by atoms with Crippen LogP contribution in [0.15, 0.2) is 36.4 Å². The SMILES string of the molecule is C1=Cc2c3c(c4c(c5c(c6ccc7c(c64)=CC=C7)=CC=C5)c2=C1)=CC=C3. The van der Waals surface area contributed by atoms with Crippen molar-refractivity contribution >= 4 is 70.2 Å². The first-order valence-electron chi connectivity index (χ1n) is 9.14. The Morgan fingerprint density at radius 2 is 1.04 bits per heavy atom. The van der Waals surface area contributed by atoms with Gasteiger partial charge in [0.15, 0.2) is 0 Å². The number of hydrogen-bond donors (Lipinski definition) is 0. The Kier molecular flexibility index (Phi) is 2.10. The Morgan fingerprint density at radius 1 is 0.423 bits per heavy atom. The molecular formula is C26H14. The quantitative estimate of drug-likeness (QED) is 0.557. The molecule has 4 aliphatic rings. The van der Waals surface area contributed by atoms with Crippen molar-refractivity contribution in [3.63, 3.8) is 0 Å². The van der Waals surface area contributed by atoms with Gasteiger partial charge < -0.3 is 0 Å². The fraction of sp³-hybridized carbons (Fsp3) is 0. The van der Waals surface area contributed by atoms with Crippen molar-refractivity contribution in [2.24, 2.45) is 0 Å². The number of fused-ring (bicyclic) bond motifs is 13. The topological polar surface area (TPSA) is 0 Å². The summed E-state index contributed by atoms with van der Waals surface area (Å²) in [6.07, 6.45) is 26.9. The van der Waals surface area contributed by atoms with Gasteiger partial charge in [-0.1, -0.05) is 85.0 Å². The molecule has 0 saturated carbocycles. The molecule has 0 spiro atoms. The van der Waals surface area contributed by atoms with Crippen molar-refractivity contribution in [3.8, 4) is 0 Å². The Labute approximate surface area is 150 Å². The molecule has 7 rings (SSSR count). The van der Waals surface area contributed by atoms with E-state index in [2.05, 4.69) is 85.0 Å². The molecule has 26 heavy (non-hydrogen) atoms. The zero-order chi connectivity index (χ0) is 16.8. The molecule has 0 aliphatic heterocycles. The second kappa shape index (κ2) is 4.23. The fourth-order valence-corrected chi connectivity index (χ4v) is 5.13. The van der Waals surface area contributed by atoms with Crippen molar-refractivity contribution in [1.82, 2.24) is 0 Å². The maximum Gasteiger partial charge on any atom is -0.000764 e. The number of allylic oxidation sites excluding steroid dienone is 4. The Morgan fingerprint density at radius 3 is 1.85 bits per heavy atom. The summed E-state index contributed by atoms with van der Waals surface area (Å²) in [5.41, 5.74) is 5.44. The van der Waals surface area contributed by atoms with E-state index in [-0.39, 0.29) is 0 Å². The molecule has 4 aliphatic carbocycles. The minimum atomic E-state index is 1.33. The second-order valence-corrected chi connectivity index (χ2v) is 7.33. The molecule has 0 saturated heterocycles. The molecule has 0 fully saturated rings. The van der Waals surface area contributed by atoms with Crippen LogP contribution in [0.2, 0.25) is 0 Å². The predicted octanol–water partition coefficient (Wildman–Crippen LogP) is 3.22. The van der Waals surface area contributed by atoms with Crippen molar-refractivity contribution in [3.05, 3.63) is 79.6 Å². The van der Waals surface area contributed by atoms with Crippen LogP contribution in [0.3, 0.4) is 0 Å². The van der Waals surface area contributed by atoms with E-state index in [0.29, 0.717) is 0 Å². The maximum absolute atomic E-state index is 2.31. The summed E-state index contributed by atoms with van der Waals surface area (Å²) in [7, 11) is 0. The van der Waals surface area contributed by atoms with Gasteiger partial charge in [-0.3, -0.25) is 0 Å². The normalized spacial score (nSPS) is 16.3. The summed E-state index contributed by atoms with van der Waals surface area (Å²) in [6, 6.07) is 4.57. The smallest absolute Gasteiger partial charge is 0.000764 e. The van der Waals surface area contributed by atoms with E-state index in [0.717, 1.165) is 0 Å². The van der Waals surface area contributed by atoms with Crippen LogP contribution in [0.1, 0.15) is 22.3 Å². The van der Waals surface area contributed by atoms with Crippen molar-refractivity contribution < 1.29 is 0 Å². The van der Waals surface area contributed by atoms with Gasteiger partial charge in [-0.15, -0.1) is 0 Å². The highest BCUT2D eigenvalue weighted by atomic mass is 14.2. The molecule has 0 unspecified atom stereocenters. The molecule has 0 amide bonds. The van der Waals surface area contributed by atoms with Crippen LogP contribution in [-0.4, -0.2) is 0 Å². The van der Waals surface area contributed by atoms with Gasteiger partial charge in [0.1, 0.15) is 0 Å². The van der Waals surface area contributed by atoms with Crippen LogP contribution in [0, 0.1) is 0 Å². The molecule has 0 aromatic heterocycles. The van der Waals surface area contributed by atoms with Gasteiger partial charge in [-0.25, -0.2) is 0 Å². The first-order valence-corrected chi connectivity index (χ1v) is 9.14. The number of hydrogen-bond acceptors (Lipinski definition) is 0. The van der Waals surface area contributed by atoms with Crippen molar-refractivity contribution in [2.75, 3.05) is 0 Å². The van der Waals surface area contributed by atoms with E-state index in [1.54, 1.807) is 0 Å². The van der Waals surface area contributed by atoms with Crippen LogP contribution in [0.5, 0.6) is 0 Å². The minimum absolute atomic E-state index is 1.33. The average molecular weight is 326 g/mol. The van der Waals surface area contributed by atoms with E-state index in [1.807, 2.05) is 0 Å². The lowest BCUT2D eigenvalue weighted by molar-refractivity contribution is 1.56. The summed E-state index contributed by atoms with van der Waals surface area (Å²) in [4.78, 5) is 0. The van der Waals surface area contributed by atoms with Gasteiger partial charge in [0.05, 0.1) is 0 Å². The lowest BCUT2D eigenvalue weighted by Crippen LogP contribution is -2.24. The zero-order valence-electron chi connectivity index (χ0n) is 14.1. The molecule has 0 nitrogen and oxygen atoms in total. The van der Waals surface area contributed by atoms with E-state index < -0.39 is 0 Å². The molecule has 0 N–H and O–H groups in total. The van der Waals surface area contributed by atoms with Gasteiger partial charge >= 0.3 is 0 Å². The van der Waals surface area contributed by atoms with E-state index in [4.69, 9.17) is 0 Å². The predicted molar refractivity (Wildman–Crippen MR) is 114 cm³/mol. The Hall–Kier alpha value is -3.38. The summed E-state index contributed by atoms with van der Waals surface area (Å²) >= 11 is 0. The first-order chi connectivity index (χ1) is 12.9. The van der Waals surface area contributed by atoms with Gasteiger partial charge in [-0.2, -0.15) is 0 Å². The minimum Gasteiger partial charge on any atom is -0.0610 e. The van der Waals surface area contributed by atoms with Gasteiger partial charge in [0, 0.05) is 0 Å². The third-order valence-electron chi connectivity index (χ3n) is 6.15. The third-order valence-corrected chi connectivity index (χ3v) is 6.15. The lowest BCUT2D eigenvalue weighted by atomic mass is 9.88. The summed E-state index contributed by atoms with van der Waals surface area (Å²) in [5, 5.41) is 11.1. The summed E-state index contributed by atoms with van der Waals surface area (Å²) < 4.78 is 0. The Balaban J connectivity index is 1.97. The standard InChI is InChI=1S/C26H14/c1-5-15-13-14-23-19-9-4-11-21(19)25-20-10-2-7-17(20)18-8-3-12-22(18)26(25)24(23)16(15)6-1/h1-14H. The highest BCUT2D eigenvalue weighted by Gasteiger charge is 2.20. The fourth-order valence-electron chi connectivity index (χ4n) is 5.13. The third kappa shape index (κ3) is 1.32. The average Bonchev–Trinajstić information content (AvgIpc) is 3.46. The molecule has 0 radical (unpaired) electrons. The highest BCUT2D eigenvalue weighted by molar-refractivity contribution is 6.16. The lowest BCUT2D eigenvalue weighted by Gasteiger charge is -2.14. The monoisotopic (exact) mass is 326 g/mol. The maximum atomic E-state index is 2.31. The van der Waals surface area contributed by atoms with E-state index >= 15 is 0 Å². The molecule has 3 aromatic carbocycles. The molecular weight excluding hydrogens is 312 g/mol. The summed E-state index contributed by atoms with van der Waals surface area (Å²) in [6.45, 7) is 0. The largest absolute Gasteiger partial charge is 0.0610 e. The highest BCUT2D eigenvalue weighted by Crippen LogP contribution is 2.27. The first kappa shape index (κ1) is 12.9. The van der Waals surface area contributed by atoms with E-state index in [1.165, 1.54) is 64.7 Å². The van der Waals surface area contributed by atoms with E-state index in [9.17, 15) is 0 Å². The molecule has 118 valence electrons. The van der Waals surface area contributed by atoms with Crippen molar-refractivity contribution in [2.45, 2.75) is 0 Å². The number of benzene rings is 3. The molecule has 0 heterocycles. The van der Waals surface area contributed by atoms with Crippen LogP contribution >= 0.6 is 0 Å². The van der Waals surface area contributed by atoms with Gasteiger partial charge in [-0.05, 0) is 64.7 Å². The van der Waals surface area contributed by atoms with Crippen LogP contribution in [-0.2, 0) is 0 Å². The van der Waals surface area contributed by atoms with Crippen molar-refractivity contribution in [1.29, 1.82) is 0 Å². The zero-order valence-corrected chi connectivity index (χ0v) is 14.1. The van der Waals surface area contributed by atoms with Crippen LogP contribution < -0.4 is 20.9 Å². The molecule has 0 heteroatoms. The number of rotatable bonds is 0. The van der Waals surface area contributed by atoms with Gasteiger partial charge in [0.2, 0.25) is 0 Å². The Bertz CT molecular complexity index is 1600. The molecule has 3 aromatic rings. The molecule has 0 atom stereocenters.